The number of alkyl halides is 2. The van der Waals surface area contributed by atoms with E-state index in [0.29, 0.717) is 28.2 Å². The number of carboxylic acid groups (broad SMARTS) is 1. The zero-order chi connectivity index (χ0) is 27.6. The summed E-state index contributed by atoms with van der Waals surface area (Å²) in [5, 5.41) is 14.9. The van der Waals surface area contributed by atoms with Crippen LogP contribution in [0.3, 0.4) is 0 Å². The maximum atomic E-state index is 10.9. The Balaban J connectivity index is 0.000000518. The zero-order valence-corrected chi connectivity index (χ0v) is 22.8. The number of nitrogens with one attached hydrogen (secondary N) is 1. The number of benzene rings is 2. The molecule has 2 rings (SSSR count). The number of urea groups is 1. The van der Waals surface area contributed by atoms with Gasteiger partial charge in [-0.3, -0.25) is 0 Å². The van der Waals surface area contributed by atoms with Crippen molar-refractivity contribution in [2.24, 2.45) is 11.0 Å². The van der Waals surface area contributed by atoms with E-state index in [1.165, 1.54) is 19.4 Å². The highest BCUT2D eigenvalue weighted by atomic mass is 35.5. The highest BCUT2D eigenvalue weighted by Crippen LogP contribution is 2.20. The van der Waals surface area contributed by atoms with Crippen molar-refractivity contribution in [2.45, 2.75) is 38.8 Å². The predicted molar refractivity (Wildman–Crippen MR) is 145 cm³/mol. The summed E-state index contributed by atoms with van der Waals surface area (Å²) in [4.78, 5) is 31.7. The third kappa shape index (κ3) is 15.4. The van der Waals surface area contributed by atoms with Crippen molar-refractivity contribution in [1.82, 2.24) is 10.3 Å². The SMILES string of the molecule is CC(C)(Oc1ccc(Cl)cc1)C(=O)O.CC(N)Cc1ccccc1.O=NN(CCCl)C(=O)NCCCl. The van der Waals surface area contributed by atoms with Crippen molar-refractivity contribution in [1.29, 1.82) is 0 Å². The lowest BCUT2D eigenvalue weighted by Crippen LogP contribution is -2.38. The Hall–Kier alpha value is -2.59. The molecule has 0 fully saturated rings. The molecule has 2 amide bonds. The third-order valence-electron chi connectivity index (χ3n) is 4.10. The topological polar surface area (TPSA) is 134 Å². The molecule has 1 unspecified atom stereocenters. The minimum absolute atomic E-state index is 0.0964. The lowest BCUT2D eigenvalue weighted by Gasteiger charge is -2.21. The molecule has 0 heterocycles. The van der Waals surface area contributed by atoms with Gasteiger partial charge in [0.25, 0.3) is 0 Å². The van der Waals surface area contributed by atoms with E-state index < -0.39 is 17.6 Å². The van der Waals surface area contributed by atoms with Crippen molar-refractivity contribution in [3.05, 3.63) is 70.1 Å². The molecule has 2 aromatic carbocycles. The molecule has 36 heavy (non-hydrogen) atoms. The number of carbonyl (C=O) groups excluding carboxylic acids is 1. The number of nitrogens with two attached hydrogens (primary N) is 1. The van der Waals surface area contributed by atoms with Gasteiger partial charge in [0.05, 0.1) is 11.8 Å². The molecule has 200 valence electrons. The van der Waals surface area contributed by atoms with E-state index in [-0.39, 0.29) is 18.5 Å². The van der Waals surface area contributed by atoms with E-state index in [9.17, 15) is 14.5 Å². The summed E-state index contributed by atoms with van der Waals surface area (Å²) in [5.74, 6) is -0.0615. The molecule has 0 aliphatic carbocycles. The van der Waals surface area contributed by atoms with Gasteiger partial charge in [0.15, 0.2) is 5.60 Å². The van der Waals surface area contributed by atoms with Crippen LogP contribution in [0.1, 0.15) is 26.3 Å². The van der Waals surface area contributed by atoms with Gasteiger partial charge in [0.2, 0.25) is 0 Å². The van der Waals surface area contributed by atoms with Crippen LogP contribution >= 0.6 is 34.8 Å². The molecule has 0 aromatic heterocycles. The summed E-state index contributed by atoms with van der Waals surface area (Å²) in [6.07, 6.45) is 0.973. The van der Waals surface area contributed by atoms with Gasteiger partial charge in [-0.2, -0.15) is 5.01 Å². The van der Waals surface area contributed by atoms with Crippen LogP contribution in [0.5, 0.6) is 5.75 Å². The Kier molecular flexibility index (Phi) is 17.3. The number of halogens is 3. The first-order valence-corrected chi connectivity index (χ1v) is 12.4. The molecule has 0 spiro atoms. The van der Waals surface area contributed by atoms with Crippen molar-refractivity contribution in [3.63, 3.8) is 0 Å². The van der Waals surface area contributed by atoms with Crippen molar-refractivity contribution >= 4 is 46.8 Å². The molecule has 4 N–H and O–H groups in total. The number of rotatable bonds is 10. The van der Waals surface area contributed by atoms with E-state index in [2.05, 4.69) is 22.7 Å². The first kappa shape index (κ1) is 33.4. The molecule has 12 heteroatoms. The maximum Gasteiger partial charge on any atom is 0.347 e. The van der Waals surface area contributed by atoms with Crippen molar-refractivity contribution in [2.75, 3.05) is 24.8 Å². The first-order chi connectivity index (χ1) is 17.0. The summed E-state index contributed by atoms with van der Waals surface area (Å²) >= 11 is 16.3. The van der Waals surface area contributed by atoms with E-state index in [0.717, 1.165) is 6.42 Å². The van der Waals surface area contributed by atoms with E-state index in [1.54, 1.807) is 24.3 Å². The highest BCUT2D eigenvalue weighted by molar-refractivity contribution is 6.30. The lowest BCUT2D eigenvalue weighted by molar-refractivity contribution is -0.152. The molecule has 0 radical (unpaired) electrons. The van der Waals surface area contributed by atoms with Gasteiger partial charge in [-0.25, -0.2) is 9.59 Å². The van der Waals surface area contributed by atoms with Crippen LogP contribution in [0.15, 0.2) is 59.9 Å². The lowest BCUT2D eigenvalue weighted by atomic mass is 10.1. The monoisotopic (exact) mass is 562 g/mol. The van der Waals surface area contributed by atoms with Crippen LogP contribution in [0.4, 0.5) is 4.79 Å². The van der Waals surface area contributed by atoms with Crippen LogP contribution in [-0.2, 0) is 11.2 Å². The number of aliphatic carboxylic acids is 1. The number of hydrogen-bond donors (Lipinski definition) is 3. The minimum Gasteiger partial charge on any atom is -0.478 e. The standard InChI is InChI=1S/C10H11ClO3.C9H13N.C5H9Cl2N3O2/c1-10(2,9(12)13)14-8-5-3-7(11)4-6-8;1-8(10)7-9-5-3-2-4-6-9;6-1-3-8-5(11)10(9-12)4-2-7/h3-6H,1-2H3,(H,12,13);2-6,8H,7,10H2,1H3;1-4H2,(H,8,11). The summed E-state index contributed by atoms with van der Waals surface area (Å²) in [6, 6.07) is 16.5. The molecule has 1 atom stereocenters. The average molecular weight is 564 g/mol. The molecule has 9 nitrogen and oxygen atoms in total. The molecule has 0 aliphatic heterocycles. The van der Waals surface area contributed by atoms with Crippen molar-refractivity contribution < 1.29 is 19.4 Å². The van der Waals surface area contributed by atoms with Crippen LogP contribution in [0, 0.1) is 4.91 Å². The number of amides is 2. The second kappa shape index (κ2) is 18.6. The fourth-order valence-corrected chi connectivity index (χ4v) is 2.71. The molecule has 0 saturated carbocycles. The number of carboxylic acids is 1. The number of nitroso groups, excluding NO2 is 1. The number of hydrogen-bond acceptors (Lipinski definition) is 6. The summed E-state index contributed by atoms with van der Waals surface area (Å²) in [7, 11) is 0. The Bertz CT molecular complexity index is 900. The Morgan fingerprint density at radius 3 is 2.14 bits per heavy atom. The van der Waals surface area contributed by atoms with Crippen LogP contribution in [-0.4, -0.2) is 58.6 Å². The second-order valence-electron chi connectivity index (χ2n) is 7.85. The normalized spacial score (nSPS) is 11.0. The summed E-state index contributed by atoms with van der Waals surface area (Å²) in [6.45, 7) is 5.40. The molecule has 0 saturated heterocycles. The van der Waals surface area contributed by atoms with Crippen LogP contribution in [0.25, 0.3) is 0 Å². The molecular weight excluding hydrogens is 531 g/mol. The molecule has 0 bridgehead atoms. The van der Waals surface area contributed by atoms with Gasteiger partial charge in [-0.1, -0.05) is 41.9 Å². The van der Waals surface area contributed by atoms with Gasteiger partial charge in [0.1, 0.15) is 5.75 Å². The van der Waals surface area contributed by atoms with E-state index in [4.69, 9.17) is 50.4 Å². The number of ether oxygens (including phenoxy) is 1. The maximum absolute atomic E-state index is 10.9. The fraction of sp³-hybridized carbons (Fsp3) is 0.417. The summed E-state index contributed by atoms with van der Waals surface area (Å²) < 4.78 is 5.26. The average Bonchev–Trinajstić information content (AvgIpc) is 2.83. The largest absolute Gasteiger partial charge is 0.478 e. The predicted octanol–water partition coefficient (Wildman–Crippen LogP) is 5.32. The van der Waals surface area contributed by atoms with Crippen molar-refractivity contribution in [3.8, 4) is 5.75 Å². The Morgan fingerprint density at radius 2 is 1.69 bits per heavy atom. The fourth-order valence-electron chi connectivity index (χ4n) is 2.33. The van der Waals surface area contributed by atoms with E-state index in [1.807, 2.05) is 25.1 Å². The van der Waals surface area contributed by atoms with Crippen LogP contribution < -0.4 is 15.8 Å². The number of carbonyl (C=O) groups is 2. The van der Waals surface area contributed by atoms with Gasteiger partial charge >= 0.3 is 12.0 Å². The minimum atomic E-state index is -1.23. The first-order valence-electron chi connectivity index (χ1n) is 10.9. The quantitative estimate of drug-likeness (QED) is 0.204. The van der Waals surface area contributed by atoms with E-state index >= 15 is 0 Å². The molecule has 2 aromatic rings. The third-order valence-corrected chi connectivity index (χ3v) is 4.71. The molecular formula is C24H33Cl3N4O5. The van der Waals surface area contributed by atoms with Gasteiger partial charge in [-0.15, -0.1) is 28.1 Å². The number of nitrogens with zero attached hydrogens (tertiary/aromatic N) is 2. The smallest absolute Gasteiger partial charge is 0.347 e. The molecule has 0 aliphatic rings. The Morgan fingerprint density at radius 1 is 1.11 bits per heavy atom. The van der Waals surface area contributed by atoms with Crippen LogP contribution in [0.2, 0.25) is 5.02 Å². The Labute approximate surface area is 226 Å². The van der Waals surface area contributed by atoms with Gasteiger partial charge in [0, 0.05) is 29.4 Å². The van der Waals surface area contributed by atoms with Gasteiger partial charge in [-0.05, 0) is 57.0 Å². The second-order valence-corrected chi connectivity index (χ2v) is 9.05. The summed E-state index contributed by atoms with van der Waals surface area (Å²) in [5.41, 5.74) is 5.71. The van der Waals surface area contributed by atoms with Gasteiger partial charge < -0.3 is 20.9 Å². The highest BCUT2D eigenvalue weighted by Gasteiger charge is 2.29. The zero-order valence-electron chi connectivity index (χ0n) is 20.5.